The quantitative estimate of drug-likeness (QED) is 0.848. The zero-order valence-electron chi connectivity index (χ0n) is 11.8. The number of anilines is 2. The van der Waals surface area contributed by atoms with Crippen LogP contribution in [0.25, 0.3) is 0 Å². The first-order chi connectivity index (χ1) is 9.53. The number of carbonyl (C=O) groups excluding carboxylic acids is 1. The molecule has 1 aliphatic rings. The number of carbonyl (C=O) groups is 1. The van der Waals surface area contributed by atoms with Gasteiger partial charge in [0.25, 0.3) is 0 Å². The second-order valence-electron chi connectivity index (χ2n) is 4.69. The Morgan fingerprint density at radius 2 is 1.95 bits per heavy atom. The third-order valence-corrected chi connectivity index (χ3v) is 5.01. The summed E-state index contributed by atoms with van der Waals surface area (Å²) >= 11 is 0. The molecular weight excluding hydrogens is 314 g/mol. The maximum atomic E-state index is 11.8. The second-order valence-corrected chi connectivity index (χ2v) is 6.70. The van der Waals surface area contributed by atoms with E-state index in [9.17, 15) is 13.2 Å². The van der Waals surface area contributed by atoms with Crippen molar-refractivity contribution in [1.82, 2.24) is 5.32 Å². The zero-order valence-corrected chi connectivity index (χ0v) is 13.5. The van der Waals surface area contributed by atoms with E-state index >= 15 is 0 Å². The summed E-state index contributed by atoms with van der Waals surface area (Å²) in [7, 11) is -1.36. The zero-order chi connectivity index (χ0) is 14.6. The topological polar surface area (TPSA) is 78.5 Å². The van der Waals surface area contributed by atoms with E-state index in [1.165, 1.54) is 4.31 Å². The summed E-state index contributed by atoms with van der Waals surface area (Å²) < 4.78 is 25.0. The third kappa shape index (κ3) is 4.59. The van der Waals surface area contributed by atoms with Gasteiger partial charge in [-0.05, 0) is 37.7 Å². The number of nitrogens with zero attached hydrogens (tertiary/aromatic N) is 1. The Balaban J connectivity index is 0.00000220. The number of halogens is 1. The molecule has 0 aromatic heterocycles. The van der Waals surface area contributed by atoms with Gasteiger partial charge in [0.15, 0.2) is 0 Å². The predicted molar refractivity (Wildman–Crippen MR) is 86.6 cm³/mol. The van der Waals surface area contributed by atoms with Crippen LogP contribution in [-0.4, -0.2) is 40.2 Å². The molecule has 21 heavy (non-hydrogen) atoms. The molecule has 1 fully saturated rings. The minimum Gasteiger partial charge on any atom is -0.326 e. The Kier molecular flexibility index (Phi) is 6.44. The number of nitrogens with one attached hydrogen (secondary N) is 2. The van der Waals surface area contributed by atoms with E-state index in [1.807, 2.05) is 0 Å². The highest BCUT2D eigenvalue weighted by Gasteiger charge is 2.28. The van der Waals surface area contributed by atoms with Crippen LogP contribution >= 0.6 is 12.4 Å². The van der Waals surface area contributed by atoms with Gasteiger partial charge in [0.2, 0.25) is 15.9 Å². The Morgan fingerprint density at radius 3 is 2.48 bits per heavy atom. The van der Waals surface area contributed by atoms with Crippen LogP contribution in [0, 0.1) is 0 Å². The van der Waals surface area contributed by atoms with E-state index in [4.69, 9.17) is 0 Å². The summed E-state index contributed by atoms with van der Waals surface area (Å²) in [6, 6.07) is 6.88. The molecular formula is C13H20ClN3O3S. The standard InChI is InChI=1S/C13H19N3O3S.ClH/c1-14-8-7-13(17)15-11-3-5-12(6-4-11)16-9-2-10-20(16,18)19;/h3-6,14H,2,7-10H2,1H3,(H,15,17);1H. The average Bonchev–Trinajstić information content (AvgIpc) is 2.77. The molecule has 1 heterocycles. The van der Waals surface area contributed by atoms with Crippen LogP contribution in [0.4, 0.5) is 11.4 Å². The SMILES string of the molecule is CNCCC(=O)Nc1ccc(N2CCCS2(=O)=O)cc1.Cl. The molecule has 0 aliphatic carbocycles. The minimum atomic E-state index is -3.15. The number of benzene rings is 1. The Labute approximate surface area is 131 Å². The Hall–Kier alpha value is -1.31. The van der Waals surface area contributed by atoms with Gasteiger partial charge < -0.3 is 10.6 Å². The molecule has 0 bridgehead atoms. The molecule has 118 valence electrons. The van der Waals surface area contributed by atoms with Crippen molar-refractivity contribution in [3.63, 3.8) is 0 Å². The summed E-state index contributed by atoms with van der Waals surface area (Å²) in [6.07, 6.45) is 1.06. The number of amides is 1. The first-order valence-electron chi connectivity index (χ1n) is 6.58. The third-order valence-electron chi connectivity index (χ3n) is 3.14. The predicted octanol–water partition coefficient (Wildman–Crippen LogP) is 1.20. The number of rotatable bonds is 5. The van der Waals surface area contributed by atoms with Crippen molar-refractivity contribution in [2.45, 2.75) is 12.8 Å². The van der Waals surface area contributed by atoms with Crippen LogP contribution in [0.5, 0.6) is 0 Å². The lowest BCUT2D eigenvalue weighted by Gasteiger charge is -2.17. The van der Waals surface area contributed by atoms with Crippen LogP contribution in [0.3, 0.4) is 0 Å². The summed E-state index contributed by atoms with van der Waals surface area (Å²) in [5.74, 6) is 0.135. The van der Waals surface area contributed by atoms with Gasteiger partial charge in [-0.15, -0.1) is 12.4 Å². The number of hydrogen-bond acceptors (Lipinski definition) is 4. The van der Waals surface area contributed by atoms with Crippen LogP contribution in [-0.2, 0) is 14.8 Å². The van der Waals surface area contributed by atoms with Crippen LogP contribution < -0.4 is 14.9 Å². The van der Waals surface area contributed by atoms with Crippen molar-refractivity contribution < 1.29 is 13.2 Å². The lowest BCUT2D eigenvalue weighted by molar-refractivity contribution is -0.116. The van der Waals surface area contributed by atoms with Gasteiger partial charge in [-0.2, -0.15) is 0 Å². The summed E-state index contributed by atoms with van der Waals surface area (Å²) in [5, 5.41) is 5.67. The van der Waals surface area contributed by atoms with E-state index in [0.717, 1.165) is 0 Å². The van der Waals surface area contributed by atoms with E-state index in [-0.39, 0.29) is 24.1 Å². The molecule has 1 aromatic rings. The van der Waals surface area contributed by atoms with E-state index < -0.39 is 10.0 Å². The Morgan fingerprint density at radius 1 is 1.29 bits per heavy atom. The van der Waals surface area contributed by atoms with E-state index in [2.05, 4.69) is 10.6 Å². The van der Waals surface area contributed by atoms with Crippen molar-refractivity contribution in [2.75, 3.05) is 35.5 Å². The summed E-state index contributed by atoms with van der Waals surface area (Å²) in [6.45, 7) is 1.14. The molecule has 0 radical (unpaired) electrons. The highest BCUT2D eigenvalue weighted by Crippen LogP contribution is 2.25. The Bertz CT molecular complexity index is 575. The first kappa shape index (κ1) is 17.7. The maximum absolute atomic E-state index is 11.8. The van der Waals surface area contributed by atoms with Crippen molar-refractivity contribution in [1.29, 1.82) is 0 Å². The summed E-state index contributed by atoms with van der Waals surface area (Å²) in [5.41, 5.74) is 1.32. The molecule has 0 unspecified atom stereocenters. The van der Waals surface area contributed by atoms with Crippen LogP contribution in [0.1, 0.15) is 12.8 Å². The van der Waals surface area contributed by atoms with Gasteiger partial charge in [-0.1, -0.05) is 0 Å². The van der Waals surface area contributed by atoms with Crippen molar-refractivity contribution in [2.24, 2.45) is 0 Å². The summed E-state index contributed by atoms with van der Waals surface area (Å²) in [4.78, 5) is 11.6. The van der Waals surface area contributed by atoms with E-state index in [1.54, 1.807) is 31.3 Å². The highest BCUT2D eigenvalue weighted by atomic mass is 35.5. The van der Waals surface area contributed by atoms with Crippen LogP contribution in [0.15, 0.2) is 24.3 Å². The highest BCUT2D eigenvalue weighted by molar-refractivity contribution is 7.93. The fourth-order valence-corrected chi connectivity index (χ4v) is 3.67. The smallest absolute Gasteiger partial charge is 0.235 e. The molecule has 0 atom stereocenters. The minimum absolute atomic E-state index is 0. The van der Waals surface area contributed by atoms with Crippen molar-refractivity contribution in [3.05, 3.63) is 24.3 Å². The molecule has 1 aliphatic heterocycles. The fraction of sp³-hybridized carbons (Fsp3) is 0.462. The molecule has 1 aromatic carbocycles. The first-order valence-corrected chi connectivity index (χ1v) is 8.19. The normalized spacial score (nSPS) is 16.3. The molecule has 0 spiro atoms. The van der Waals surface area contributed by atoms with Gasteiger partial charge in [-0.3, -0.25) is 9.10 Å². The second kappa shape index (κ2) is 7.63. The van der Waals surface area contributed by atoms with Gasteiger partial charge in [0.1, 0.15) is 0 Å². The number of hydrogen-bond donors (Lipinski definition) is 2. The molecule has 6 nitrogen and oxygen atoms in total. The van der Waals surface area contributed by atoms with Gasteiger partial charge >= 0.3 is 0 Å². The van der Waals surface area contributed by atoms with Gasteiger partial charge in [-0.25, -0.2) is 8.42 Å². The van der Waals surface area contributed by atoms with Crippen molar-refractivity contribution in [3.8, 4) is 0 Å². The lowest BCUT2D eigenvalue weighted by atomic mass is 10.2. The molecule has 8 heteroatoms. The fourth-order valence-electron chi connectivity index (χ4n) is 2.10. The number of sulfonamides is 1. The van der Waals surface area contributed by atoms with Crippen LogP contribution in [0.2, 0.25) is 0 Å². The molecule has 1 saturated heterocycles. The van der Waals surface area contributed by atoms with Crippen molar-refractivity contribution >= 4 is 39.7 Å². The van der Waals surface area contributed by atoms with Gasteiger partial charge in [0.05, 0.1) is 11.4 Å². The molecule has 1 amide bonds. The molecule has 2 rings (SSSR count). The average molecular weight is 334 g/mol. The largest absolute Gasteiger partial charge is 0.326 e. The van der Waals surface area contributed by atoms with Gasteiger partial charge in [0, 0.05) is 25.2 Å². The monoisotopic (exact) mass is 333 g/mol. The molecule has 2 N–H and O–H groups in total. The lowest BCUT2D eigenvalue weighted by Crippen LogP contribution is -2.25. The maximum Gasteiger partial charge on any atom is 0.235 e. The van der Waals surface area contributed by atoms with E-state index in [0.29, 0.717) is 37.3 Å². The molecule has 0 saturated carbocycles.